The van der Waals surface area contributed by atoms with Crippen LogP contribution in [-0.4, -0.2) is 66.2 Å². The summed E-state index contributed by atoms with van der Waals surface area (Å²) in [4.78, 5) is 28.1. The number of nitrogens with one attached hydrogen (secondary N) is 1. The van der Waals surface area contributed by atoms with E-state index in [1.54, 1.807) is 65.8 Å². The Hall–Kier alpha value is -5.01. The highest BCUT2D eigenvalue weighted by atomic mass is 35.5. The third kappa shape index (κ3) is 8.97. The highest BCUT2D eigenvalue weighted by molar-refractivity contribution is 7.89. The van der Waals surface area contributed by atoms with Gasteiger partial charge in [0.2, 0.25) is 11.8 Å². The largest absolute Gasteiger partial charge is 0.495 e. The molecule has 0 radical (unpaired) electrons. The summed E-state index contributed by atoms with van der Waals surface area (Å²) in [6, 6.07) is 16.4. The van der Waals surface area contributed by atoms with Crippen molar-refractivity contribution < 1.29 is 31.8 Å². The van der Waals surface area contributed by atoms with Crippen molar-refractivity contribution >= 4 is 44.3 Å². The molecule has 0 aliphatic carbocycles. The Morgan fingerprint density at radius 1 is 1.00 bits per heavy atom. The van der Waals surface area contributed by atoms with Gasteiger partial charge in [0.25, 0.3) is 0 Å². The number of halogens is 2. The number of pyridine rings is 1. The fourth-order valence-corrected chi connectivity index (χ4v) is 8.13. The van der Waals surface area contributed by atoms with E-state index in [0.717, 1.165) is 18.4 Å². The van der Waals surface area contributed by atoms with Gasteiger partial charge in [-0.05, 0) is 87.9 Å². The number of hydrogen-bond donors (Lipinski definition) is 1. The van der Waals surface area contributed by atoms with Crippen molar-refractivity contribution in [2.24, 2.45) is 0 Å². The number of amides is 1. The van der Waals surface area contributed by atoms with Gasteiger partial charge in [-0.25, -0.2) is 32.6 Å². The molecule has 1 aliphatic heterocycles. The lowest BCUT2D eigenvalue weighted by Crippen LogP contribution is -2.47. The minimum absolute atomic E-state index is 0.0223. The highest BCUT2D eigenvalue weighted by Gasteiger charge is 2.28. The molecular formula is C39H41ClFN5O6S. The Kier molecular flexibility index (Phi) is 11.1. The first kappa shape index (κ1) is 37.7. The van der Waals surface area contributed by atoms with Gasteiger partial charge in [0.05, 0.1) is 34.9 Å². The Morgan fingerprint density at radius 2 is 1.79 bits per heavy atom. The van der Waals surface area contributed by atoms with E-state index in [2.05, 4.69) is 15.3 Å². The lowest BCUT2D eigenvalue weighted by atomic mass is 10.0. The van der Waals surface area contributed by atoms with E-state index in [-0.39, 0.29) is 34.4 Å². The second-order valence-corrected chi connectivity index (χ2v) is 16.4. The quantitative estimate of drug-likeness (QED) is 0.148. The van der Waals surface area contributed by atoms with Crippen LogP contribution in [0.1, 0.15) is 50.3 Å². The van der Waals surface area contributed by atoms with Gasteiger partial charge >= 0.3 is 6.09 Å². The predicted molar refractivity (Wildman–Crippen MR) is 203 cm³/mol. The SMILES string of the molecule is COc1c(Cl)cccc1CS(=O)(=O)Cc1c(F)ccc2c(Oc3ncccc3-c3ccnc(N[C@H]4CCCN(C(=O)OC(C)(C)C)C4)n3)c(C)ccc12. The van der Waals surface area contributed by atoms with Crippen molar-refractivity contribution in [1.82, 2.24) is 19.9 Å². The van der Waals surface area contributed by atoms with Crippen LogP contribution in [0.25, 0.3) is 22.0 Å². The summed E-state index contributed by atoms with van der Waals surface area (Å²) in [5.41, 5.74) is 1.67. The lowest BCUT2D eigenvalue weighted by molar-refractivity contribution is 0.0206. The van der Waals surface area contributed by atoms with Gasteiger partial charge in [0.1, 0.15) is 22.9 Å². The molecule has 53 heavy (non-hydrogen) atoms. The van der Waals surface area contributed by atoms with Gasteiger partial charge in [0, 0.05) is 48.0 Å². The van der Waals surface area contributed by atoms with E-state index in [4.69, 9.17) is 30.8 Å². The number of methoxy groups -OCH3 is 1. The highest BCUT2D eigenvalue weighted by Crippen LogP contribution is 2.39. The summed E-state index contributed by atoms with van der Waals surface area (Å²) >= 11 is 6.22. The van der Waals surface area contributed by atoms with E-state index in [1.807, 2.05) is 33.8 Å². The third-order valence-corrected chi connectivity index (χ3v) is 10.5. The van der Waals surface area contributed by atoms with Gasteiger partial charge in [-0.2, -0.15) is 0 Å². The molecule has 11 nitrogen and oxygen atoms in total. The van der Waals surface area contributed by atoms with Gasteiger partial charge in [-0.3, -0.25) is 0 Å². The van der Waals surface area contributed by atoms with E-state index in [1.165, 1.54) is 13.2 Å². The monoisotopic (exact) mass is 761 g/mol. The van der Waals surface area contributed by atoms with Crippen LogP contribution < -0.4 is 14.8 Å². The number of ether oxygens (including phenoxy) is 3. The number of carbonyl (C=O) groups is 1. The van der Waals surface area contributed by atoms with Gasteiger partial charge in [-0.15, -0.1) is 0 Å². The van der Waals surface area contributed by atoms with E-state index < -0.39 is 32.8 Å². The smallest absolute Gasteiger partial charge is 0.410 e. The van der Waals surface area contributed by atoms with Crippen LogP contribution in [-0.2, 0) is 26.1 Å². The molecule has 1 atom stereocenters. The second kappa shape index (κ2) is 15.5. The van der Waals surface area contributed by atoms with Gasteiger partial charge < -0.3 is 24.4 Å². The summed E-state index contributed by atoms with van der Waals surface area (Å²) in [6.07, 6.45) is 4.50. The average molecular weight is 762 g/mol. The summed E-state index contributed by atoms with van der Waals surface area (Å²) in [5.74, 6) is -0.317. The van der Waals surface area contributed by atoms with E-state index in [9.17, 15) is 13.2 Å². The number of piperidine rings is 1. The first-order chi connectivity index (χ1) is 25.2. The number of para-hydroxylation sites is 1. The molecule has 1 aliphatic rings. The molecule has 0 bridgehead atoms. The molecule has 2 aromatic heterocycles. The number of nitrogens with zero attached hydrogens (tertiary/aromatic N) is 4. The number of likely N-dealkylation sites (tertiary alicyclic amines) is 1. The summed E-state index contributed by atoms with van der Waals surface area (Å²) in [7, 11) is -2.47. The lowest BCUT2D eigenvalue weighted by Gasteiger charge is -2.34. The van der Waals surface area contributed by atoms with Crippen LogP contribution in [0.3, 0.4) is 0 Å². The zero-order chi connectivity index (χ0) is 37.9. The van der Waals surface area contributed by atoms with Crippen molar-refractivity contribution in [2.45, 2.75) is 63.7 Å². The maximum Gasteiger partial charge on any atom is 0.410 e. The zero-order valence-electron chi connectivity index (χ0n) is 30.2. The Bertz CT molecular complexity index is 2270. The molecular weight excluding hydrogens is 721 g/mol. The van der Waals surface area contributed by atoms with Crippen molar-refractivity contribution in [3.05, 3.63) is 101 Å². The number of aromatic nitrogens is 3. The van der Waals surface area contributed by atoms with E-state index >= 15 is 4.39 Å². The molecule has 1 fully saturated rings. The maximum absolute atomic E-state index is 15.5. The number of rotatable bonds is 10. The third-order valence-electron chi connectivity index (χ3n) is 8.70. The summed E-state index contributed by atoms with van der Waals surface area (Å²) in [6.45, 7) is 8.43. The van der Waals surface area contributed by atoms with Crippen LogP contribution in [0, 0.1) is 12.7 Å². The van der Waals surface area contributed by atoms with Gasteiger partial charge in [0.15, 0.2) is 9.84 Å². The normalized spacial score (nSPS) is 14.9. The number of benzene rings is 3. The average Bonchev–Trinajstić information content (AvgIpc) is 3.10. The molecule has 3 heterocycles. The maximum atomic E-state index is 15.5. The minimum Gasteiger partial charge on any atom is -0.495 e. The molecule has 1 saturated heterocycles. The first-order valence-electron chi connectivity index (χ1n) is 17.1. The molecule has 5 aromatic rings. The second-order valence-electron chi connectivity index (χ2n) is 13.9. The molecule has 14 heteroatoms. The van der Waals surface area contributed by atoms with E-state index in [0.29, 0.717) is 52.4 Å². The first-order valence-corrected chi connectivity index (χ1v) is 19.3. The number of anilines is 1. The Morgan fingerprint density at radius 3 is 2.57 bits per heavy atom. The summed E-state index contributed by atoms with van der Waals surface area (Å²) < 4.78 is 59.8. The number of sulfone groups is 1. The van der Waals surface area contributed by atoms with Crippen molar-refractivity contribution in [1.29, 1.82) is 0 Å². The van der Waals surface area contributed by atoms with Gasteiger partial charge in [-0.1, -0.05) is 35.9 Å². The molecule has 1 amide bonds. The van der Waals surface area contributed by atoms with Crippen molar-refractivity contribution in [3.63, 3.8) is 0 Å². The molecule has 0 saturated carbocycles. The number of fused-ring (bicyclic) bond motifs is 1. The fourth-order valence-electron chi connectivity index (χ4n) is 6.32. The van der Waals surface area contributed by atoms with Crippen molar-refractivity contribution in [2.75, 3.05) is 25.5 Å². The van der Waals surface area contributed by atoms with Crippen LogP contribution in [0.15, 0.2) is 73.1 Å². The van der Waals surface area contributed by atoms with Crippen LogP contribution in [0.2, 0.25) is 5.02 Å². The Balaban J connectivity index is 1.26. The molecule has 6 rings (SSSR count). The number of aryl methyl sites for hydroxylation is 1. The Labute approximate surface area is 313 Å². The summed E-state index contributed by atoms with van der Waals surface area (Å²) in [5, 5.41) is 4.56. The molecule has 1 N–H and O–H groups in total. The fraction of sp³-hybridized carbons (Fsp3) is 0.333. The van der Waals surface area contributed by atoms with Crippen LogP contribution in [0.4, 0.5) is 15.1 Å². The number of carbonyl (C=O) groups excluding carboxylic acids is 1. The predicted octanol–water partition coefficient (Wildman–Crippen LogP) is 8.52. The van der Waals surface area contributed by atoms with Crippen LogP contribution in [0.5, 0.6) is 17.4 Å². The zero-order valence-corrected chi connectivity index (χ0v) is 31.7. The van der Waals surface area contributed by atoms with Crippen LogP contribution >= 0.6 is 11.6 Å². The molecule has 3 aromatic carbocycles. The topological polar surface area (TPSA) is 133 Å². The molecule has 278 valence electrons. The standard InChI is InChI=1S/C39H41ClFN5O6S/c1-24-13-14-27-28(15-16-32(41)30(27)23-53(48,49)22-25-9-6-12-31(40)35(25)50-5)34(24)51-36-29(11-7-18-42-36)33-17-19-43-37(45-33)44-26-10-8-20-46(21-26)38(47)52-39(2,3)4/h6-7,9,11-19,26H,8,10,20-23H2,1-5H3,(H,43,44,45)/t26-/m0/s1. The molecule has 0 spiro atoms. The minimum atomic E-state index is -3.88. The number of hydrogen-bond acceptors (Lipinski definition) is 10. The molecule has 0 unspecified atom stereocenters. The van der Waals surface area contributed by atoms with Crippen molar-refractivity contribution in [3.8, 4) is 28.6 Å².